The molecule has 118 valence electrons. The van der Waals surface area contributed by atoms with Gasteiger partial charge >= 0.3 is 5.97 Å². The Morgan fingerprint density at radius 2 is 2.08 bits per heavy atom. The number of allylic oxidation sites excluding steroid dienone is 1. The molecular formula is C18H12N2O2S2. The number of benzene rings is 1. The van der Waals surface area contributed by atoms with Crippen LogP contribution in [0.1, 0.15) is 17.5 Å². The van der Waals surface area contributed by atoms with Crippen LogP contribution in [0.4, 0.5) is 0 Å². The lowest BCUT2D eigenvalue weighted by Crippen LogP contribution is -2.02. The monoisotopic (exact) mass is 352 g/mol. The summed E-state index contributed by atoms with van der Waals surface area (Å²) in [6.45, 7) is 1.35. The lowest BCUT2D eigenvalue weighted by atomic mass is 10.1. The van der Waals surface area contributed by atoms with Crippen molar-refractivity contribution in [1.29, 1.82) is 5.26 Å². The molecule has 0 radical (unpaired) electrons. The van der Waals surface area contributed by atoms with Crippen molar-refractivity contribution in [1.82, 2.24) is 4.98 Å². The van der Waals surface area contributed by atoms with Crippen molar-refractivity contribution in [2.24, 2.45) is 0 Å². The molecule has 0 saturated carbocycles. The molecule has 0 bridgehead atoms. The van der Waals surface area contributed by atoms with E-state index in [2.05, 4.69) is 11.1 Å². The molecule has 0 aliphatic carbocycles. The molecule has 3 aromatic rings. The van der Waals surface area contributed by atoms with Crippen LogP contribution in [-0.4, -0.2) is 11.0 Å². The summed E-state index contributed by atoms with van der Waals surface area (Å²) < 4.78 is 5.18. The minimum Gasteiger partial charge on any atom is -0.426 e. The predicted molar refractivity (Wildman–Crippen MR) is 96.7 cm³/mol. The fraction of sp³-hybridized carbons (Fsp3) is 0.0556. The van der Waals surface area contributed by atoms with E-state index in [0.717, 1.165) is 10.6 Å². The van der Waals surface area contributed by atoms with E-state index in [0.29, 0.717) is 21.9 Å². The molecule has 0 N–H and O–H groups in total. The van der Waals surface area contributed by atoms with E-state index in [1.807, 2.05) is 29.0 Å². The van der Waals surface area contributed by atoms with Crippen LogP contribution in [0.15, 0.2) is 47.2 Å². The number of carbonyl (C=O) groups is 1. The maximum atomic E-state index is 11.2. The number of nitrogens with zero attached hydrogens (tertiary/aromatic N) is 2. The van der Waals surface area contributed by atoms with Crippen LogP contribution in [0.3, 0.4) is 0 Å². The molecule has 0 atom stereocenters. The largest absolute Gasteiger partial charge is 0.426 e. The summed E-state index contributed by atoms with van der Waals surface area (Å²) >= 11 is 3.02. The van der Waals surface area contributed by atoms with Crippen molar-refractivity contribution >= 4 is 40.3 Å². The number of nitriles is 1. The summed E-state index contributed by atoms with van der Waals surface area (Å²) in [5.74, 6) is 0.0244. The van der Waals surface area contributed by atoms with Crippen LogP contribution < -0.4 is 4.74 Å². The van der Waals surface area contributed by atoms with Gasteiger partial charge in [-0.05, 0) is 23.6 Å². The highest BCUT2D eigenvalue weighted by Crippen LogP contribution is 2.31. The molecule has 0 spiro atoms. The first-order valence-electron chi connectivity index (χ1n) is 7.06. The quantitative estimate of drug-likeness (QED) is 0.382. The first-order valence-corrected chi connectivity index (χ1v) is 8.82. The van der Waals surface area contributed by atoms with Gasteiger partial charge in [0.25, 0.3) is 0 Å². The fourth-order valence-corrected chi connectivity index (χ4v) is 3.63. The van der Waals surface area contributed by atoms with Gasteiger partial charge in [0.2, 0.25) is 0 Å². The molecule has 0 aliphatic rings. The predicted octanol–water partition coefficient (Wildman–Crippen LogP) is 4.86. The third-order valence-electron chi connectivity index (χ3n) is 3.10. The highest BCUT2D eigenvalue weighted by molar-refractivity contribution is 7.14. The Morgan fingerprint density at radius 1 is 1.25 bits per heavy atom. The minimum atomic E-state index is -0.399. The van der Waals surface area contributed by atoms with Crippen molar-refractivity contribution in [3.8, 4) is 22.4 Å². The van der Waals surface area contributed by atoms with E-state index in [4.69, 9.17) is 4.74 Å². The molecule has 4 nitrogen and oxygen atoms in total. The van der Waals surface area contributed by atoms with E-state index in [-0.39, 0.29) is 0 Å². The zero-order valence-electron chi connectivity index (χ0n) is 12.7. The van der Waals surface area contributed by atoms with Crippen LogP contribution in [0.25, 0.3) is 22.2 Å². The maximum absolute atomic E-state index is 11.2. The third-order valence-corrected chi connectivity index (χ3v) is 4.87. The number of ether oxygens (including phenoxy) is 1. The van der Waals surface area contributed by atoms with Crippen LogP contribution in [0, 0.1) is 11.3 Å². The van der Waals surface area contributed by atoms with E-state index in [1.54, 1.807) is 35.6 Å². The molecule has 2 heterocycles. The number of thiazole rings is 1. The van der Waals surface area contributed by atoms with Crippen molar-refractivity contribution in [2.45, 2.75) is 6.92 Å². The van der Waals surface area contributed by atoms with Crippen molar-refractivity contribution in [3.63, 3.8) is 0 Å². The van der Waals surface area contributed by atoms with Crippen molar-refractivity contribution in [2.75, 3.05) is 0 Å². The number of carbonyl (C=O) groups excluding carboxylic acids is 1. The molecule has 1 aromatic carbocycles. The molecule has 3 rings (SSSR count). The van der Waals surface area contributed by atoms with Crippen molar-refractivity contribution < 1.29 is 9.53 Å². The van der Waals surface area contributed by atoms with Gasteiger partial charge in [-0.1, -0.05) is 24.3 Å². The average molecular weight is 352 g/mol. The van der Waals surface area contributed by atoms with Crippen LogP contribution in [0.2, 0.25) is 0 Å². The Bertz CT molecular complexity index is 934. The Labute approximate surface area is 147 Å². The van der Waals surface area contributed by atoms with E-state index < -0.39 is 5.97 Å². The first kappa shape index (κ1) is 16.1. The van der Waals surface area contributed by atoms with Gasteiger partial charge in [-0.3, -0.25) is 4.79 Å². The topological polar surface area (TPSA) is 63.0 Å². The second-order valence-electron chi connectivity index (χ2n) is 4.82. The molecule has 0 saturated heterocycles. The van der Waals surface area contributed by atoms with Gasteiger partial charge in [0.15, 0.2) is 0 Å². The van der Waals surface area contributed by atoms with Gasteiger partial charge in [-0.15, -0.1) is 22.7 Å². The number of hydrogen-bond donors (Lipinski definition) is 0. The Morgan fingerprint density at radius 3 is 2.79 bits per heavy atom. The lowest BCUT2D eigenvalue weighted by Gasteiger charge is -2.05. The molecule has 0 fully saturated rings. The number of para-hydroxylation sites is 1. The van der Waals surface area contributed by atoms with Gasteiger partial charge in [-0.25, -0.2) is 4.98 Å². The van der Waals surface area contributed by atoms with E-state index >= 15 is 0 Å². The molecule has 24 heavy (non-hydrogen) atoms. The molecule has 0 amide bonds. The van der Waals surface area contributed by atoms with Crippen molar-refractivity contribution in [3.05, 3.63) is 57.7 Å². The summed E-state index contributed by atoms with van der Waals surface area (Å²) in [6.07, 6.45) is 1.69. The SMILES string of the molecule is CC(=O)Oc1ccccc1/C=C(\C#N)c1nc(-c2cccs2)cs1. The van der Waals surface area contributed by atoms with Crippen LogP contribution >= 0.6 is 22.7 Å². The smallest absolute Gasteiger partial charge is 0.308 e. The molecule has 0 aliphatic heterocycles. The zero-order valence-corrected chi connectivity index (χ0v) is 14.4. The maximum Gasteiger partial charge on any atom is 0.308 e. The van der Waals surface area contributed by atoms with E-state index in [1.165, 1.54) is 18.3 Å². The van der Waals surface area contributed by atoms with E-state index in [9.17, 15) is 10.1 Å². The number of aromatic nitrogens is 1. The third kappa shape index (κ3) is 3.59. The lowest BCUT2D eigenvalue weighted by molar-refractivity contribution is -0.131. The second-order valence-corrected chi connectivity index (χ2v) is 6.62. The standard InChI is InChI=1S/C18H12N2O2S2/c1-12(21)22-16-6-3-2-5-13(16)9-14(10-19)18-20-15(11-24-18)17-7-4-8-23-17/h2-9,11H,1H3/b14-9+. The number of rotatable bonds is 4. The van der Waals surface area contributed by atoms with Crippen LogP contribution in [-0.2, 0) is 4.79 Å². The zero-order chi connectivity index (χ0) is 16.9. The van der Waals surface area contributed by atoms with Gasteiger partial charge < -0.3 is 4.74 Å². The van der Waals surface area contributed by atoms with Gasteiger partial charge in [0.1, 0.15) is 16.8 Å². The number of thiophene rings is 1. The summed E-state index contributed by atoms with van der Waals surface area (Å²) in [5.41, 5.74) is 1.96. The Kier molecular flexibility index (Phi) is 4.85. The van der Waals surface area contributed by atoms with Gasteiger partial charge in [-0.2, -0.15) is 5.26 Å². The summed E-state index contributed by atoms with van der Waals surface area (Å²) in [7, 11) is 0. The minimum absolute atomic E-state index is 0.399. The second kappa shape index (κ2) is 7.21. The Balaban J connectivity index is 1.97. The van der Waals surface area contributed by atoms with Gasteiger partial charge in [0, 0.05) is 17.9 Å². The normalized spacial score (nSPS) is 11.1. The molecule has 2 aromatic heterocycles. The fourth-order valence-electron chi connectivity index (χ4n) is 2.08. The molecule has 0 unspecified atom stereocenters. The van der Waals surface area contributed by atoms with Crippen LogP contribution in [0.5, 0.6) is 5.75 Å². The molecular weight excluding hydrogens is 340 g/mol. The average Bonchev–Trinajstić information content (AvgIpc) is 3.24. The summed E-state index contributed by atoms with van der Waals surface area (Å²) in [5, 5.41) is 14.1. The summed E-state index contributed by atoms with van der Waals surface area (Å²) in [6, 6.07) is 13.2. The van der Waals surface area contributed by atoms with Gasteiger partial charge in [0.05, 0.1) is 16.1 Å². The Hall–Kier alpha value is -2.75. The highest BCUT2D eigenvalue weighted by atomic mass is 32.1. The number of hydrogen-bond acceptors (Lipinski definition) is 6. The number of esters is 1. The first-order chi connectivity index (χ1) is 11.7. The summed E-state index contributed by atoms with van der Waals surface area (Å²) in [4.78, 5) is 16.8. The molecule has 6 heteroatoms. The highest BCUT2D eigenvalue weighted by Gasteiger charge is 2.11.